The van der Waals surface area contributed by atoms with Crippen molar-refractivity contribution in [3.63, 3.8) is 0 Å². The Balaban J connectivity index is 1.27. The summed E-state index contributed by atoms with van der Waals surface area (Å²) in [7, 11) is 0. The largest absolute Gasteiger partial charge is 0.307 e. The van der Waals surface area contributed by atoms with Crippen molar-refractivity contribution in [2.75, 3.05) is 0 Å². The number of aromatic nitrogens is 2. The summed E-state index contributed by atoms with van der Waals surface area (Å²) in [5.41, 5.74) is 10.4. The van der Waals surface area contributed by atoms with E-state index < -0.39 is 0 Å². The molecule has 0 aliphatic heterocycles. The van der Waals surface area contributed by atoms with Crippen LogP contribution in [0.15, 0.2) is 170 Å². The fourth-order valence-electron chi connectivity index (χ4n) is 7.44. The first-order chi connectivity index (χ1) is 23.8. The molecule has 10 rings (SSSR count). The smallest absolute Gasteiger partial charge is 0.0651 e. The number of nitrogens with zero attached hydrogens (tertiary/aromatic N) is 2. The van der Waals surface area contributed by atoms with Gasteiger partial charge in [-0.15, -0.1) is 11.3 Å². The molecular formula is C45H28N2S. The summed E-state index contributed by atoms with van der Waals surface area (Å²) in [5.74, 6) is 0. The Morgan fingerprint density at radius 1 is 0.417 bits per heavy atom. The van der Waals surface area contributed by atoms with E-state index in [0.717, 1.165) is 16.8 Å². The van der Waals surface area contributed by atoms with Gasteiger partial charge in [0.25, 0.3) is 0 Å². The summed E-state index contributed by atoms with van der Waals surface area (Å²) in [5, 5.41) is 7.68. The summed E-state index contributed by atoms with van der Waals surface area (Å²) in [6.45, 7) is 0. The van der Waals surface area contributed by atoms with Crippen molar-refractivity contribution in [3.05, 3.63) is 170 Å². The number of rotatable bonds is 4. The molecule has 0 saturated carbocycles. The highest BCUT2D eigenvalue weighted by atomic mass is 32.1. The van der Waals surface area contributed by atoms with Gasteiger partial charge in [-0.2, -0.15) is 0 Å². The van der Waals surface area contributed by atoms with Crippen molar-refractivity contribution < 1.29 is 0 Å². The van der Waals surface area contributed by atoms with Gasteiger partial charge in [-0.1, -0.05) is 115 Å². The predicted molar refractivity (Wildman–Crippen MR) is 205 cm³/mol. The first-order valence-corrected chi connectivity index (χ1v) is 17.1. The Hall–Kier alpha value is -6.03. The van der Waals surface area contributed by atoms with E-state index in [-0.39, 0.29) is 0 Å². The first-order valence-electron chi connectivity index (χ1n) is 16.3. The molecule has 3 heterocycles. The molecule has 48 heavy (non-hydrogen) atoms. The van der Waals surface area contributed by atoms with Gasteiger partial charge >= 0.3 is 0 Å². The lowest BCUT2D eigenvalue weighted by atomic mass is 9.94. The molecule has 10 aromatic rings. The first kappa shape index (κ1) is 27.1. The van der Waals surface area contributed by atoms with Gasteiger partial charge in [0.1, 0.15) is 0 Å². The third-order valence-corrected chi connectivity index (χ3v) is 10.8. The molecule has 0 radical (unpaired) electrons. The van der Waals surface area contributed by atoms with Crippen LogP contribution in [0.3, 0.4) is 0 Å². The summed E-state index contributed by atoms with van der Waals surface area (Å²) >= 11 is 1.87. The number of benzene rings is 7. The van der Waals surface area contributed by atoms with Crippen molar-refractivity contribution in [2.45, 2.75) is 0 Å². The second kappa shape index (κ2) is 10.8. The second-order valence-electron chi connectivity index (χ2n) is 12.4. The normalized spacial score (nSPS) is 11.8. The molecule has 224 valence electrons. The molecule has 0 amide bonds. The lowest BCUT2D eigenvalue weighted by molar-refractivity contribution is 1.15. The molecule has 3 heteroatoms. The van der Waals surface area contributed by atoms with Crippen LogP contribution in [0.4, 0.5) is 0 Å². The number of fused-ring (bicyclic) bond motifs is 9. The molecule has 0 unspecified atom stereocenters. The SMILES string of the molecule is c1ccc(-c2cc(-c3ccccc3)cc(-c3cncc(-n4c5ccccc5c5ccc6ccc7sc8ccccc8c7c6c54)c3)c2)cc1. The highest BCUT2D eigenvalue weighted by Gasteiger charge is 2.19. The van der Waals surface area contributed by atoms with Crippen LogP contribution >= 0.6 is 11.3 Å². The van der Waals surface area contributed by atoms with Gasteiger partial charge in [0.15, 0.2) is 0 Å². The van der Waals surface area contributed by atoms with Gasteiger partial charge < -0.3 is 4.57 Å². The number of hydrogen-bond acceptors (Lipinski definition) is 2. The quantitative estimate of drug-likeness (QED) is 0.190. The molecule has 0 atom stereocenters. The Bertz CT molecular complexity index is 2770. The zero-order valence-corrected chi connectivity index (χ0v) is 26.8. The summed E-state index contributed by atoms with van der Waals surface area (Å²) in [6, 6.07) is 57.2. The van der Waals surface area contributed by atoms with Crippen LogP contribution in [-0.2, 0) is 0 Å². The van der Waals surface area contributed by atoms with Gasteiger partial charge in [0, 0.05) is 48.1 Å². The van der Waals surface area contributed by atoms with Crippen molar-refractivity contribution in [2.24, 2.45) is 0 Å². The molecule has 3 aromatic heterocycles. The van der Waals surface area contributed by atoms with E-state index in [1.54, 1.807) is 0 Å². The fourth-order valence-corrected chi connectivity index (χ4v) is 8.56. The molecule has 0 aliphatic carbocycles. The third-order valence-electron chi connectivity index (χ3n) is 9.62. The average molecular weight is 629 g/mol. The van der Waals surface area contributed by atoms with Crippen LogP contribution in [-0.4, -0.2) is 9.55 Å². The molecule has 7 aromatic carbocycles. The third kappa shape index (κ3) is 4.22. The second-order valence-corrected chi connectivity index (χ2v) is 13.5. The molecular weight excluding hydrogens is 601 g/mol. The van der Waals surface area contributed by atoms with E-state index in [0.29, 0.717) is 0 Å². The van der Waals surface area contributed by atoms with E-state index >= 15 is 0 Å². The van der Waals surface area contributed by atoms with Crippen molar-refractivity contribution in [1.82, 2.24) is 9.55 Å². The van der Waals surface area contributed by atoms with E-state index in [2.05, 4.69) is 162 Å². The summed E-state index contributed by atoms with van der Waals surface area (Å²) in [6.07, 6.45) is 4.01. The number of thiophene rings is 1. The van der Waals surface area contributed by atoms with Crippen molar-refractivity contribution >= 4 is 64.1 Å². The van der Waals surface area contributed by atoms with E-state index in [9.17, 15) is 0 Å². The van der Waals surface area contributed by atoms with E-state index in [1.165, 1.54) is 75.0 Å². The number of para-hydroxylation sites is 1. The molecule has 0 bridgehead atoms. The maximum absolute atomic E-state index is 4.90. The molecule has 0 N–H and O–H groups in total. The minimum Gasteiger partial charge on any atom is -0.307 e. The molecule has 0 spiro atoms. The molecule has 0 aliphatic rings. The van der Waals surface area contributed by atoms with Crippen LogP contribution in [0.5, 0.6) is 0 Å². The lowest BCUT2D eigenvalue weighted by Gasteiger charge is -2.14. The highest BCUT2D eigenvalue weighted by Crippen LogP contribution is 2.44. The Morgan fingerprint density at radius 3 is 1.79 bits per heavy atom. The summed E-state index contributed by atoms with van der Waals surface area (Å²) in [4.78, 5) is 4.90. The van der Waals surface area contributed by atoms with Crippen LogP contribution < -0.4 is 0 Å². The zero-order valence-electron chi connectivity index (χ0n) is 26.0. The summed E-state index contributed by atoms with van der Waals surface area (Å²) < 4.78 is 5.07. The zero-order chi connectivity index (χ0) is 31.6. The Kier molecular flexibility index (Phi) is 6.08. The van der Waals surface area contributed by atoms with Crippen LogP contribution in [0.2, 0.25) is 0 Å². The Labute approximate surface area is 281 Å². The van der Waals surface area contributed by atoms with Gasteiger partial charge in [-0.25, -0.2) is 0 Å². The van der Waals surface area contributed by atoms with Crippen molar-refractivity contribution in [3.8, 4) is 39.1 Å². The maximum atomic E-state index is 4.90. The van der Waals surface area contributed by atoms with E-state index in [4.69, 9.17) is 4.98 Å². The van der Waals surface area contributed by atoms with E-state index in [1.807, 2.05) is 23.7 Å². The fraction of sp³-hybridized carbons (Fsp3) is 0. The monoisotopic (exact) mass is 628 g/mol. The number of pyridine rings is 1. The van der Waals surface area contributed by atoms with Gasteiger partial charge in [0.2, 0.25) is 0 Å². The minimum atomic E-state index is 1.05. The average Bonchev–Trinajstić information content (AvgIpc) is 3.71. The standard InChI is InChI=1S/C45H28N2S/c1-3-11-29(12-4-1)32-23-33(30-13-5-2-6-14-30)25-34(24-32)35-26-36(28-46-27-35)47-40-17-9-7-15-37(40)38-21-19-31-20-22-42-44(43(31)45(38)47)39-16-8-10-18-41(39)48-42/h1-28H. The highest BCUT2D eigenvalue weighted by molar-refractivity contribution is 7.26. The van der Waals surface area contributed by atoms with Crippen LogP contribution in [0.25, 0.3) is 91.8 Å². The molecule has 0 fully saturated rings. The molecule has 0 saturated heterocycles. The van der Waals surface area contributed by atoms with Crippen LogP contribution in [0, 0.1) is 0 Å². The predicted octanol–water partition coefficient (Wildman–Crippen LogP) is 12.7. The topological polar surface area (TPSA) is 17.8 Å². The number of hydrogen-bond donors (Lipinski definition) is 0. The lowest BCUT2D eigenvalue weighted by Crippen LogP contribution is -1.97. The van der Waals surface area contributed by atoms with Crippen LogP contribution in [0.1, 0.15) is 0 Å². The minimum absolute atomic E-state index is 1.05. The van der Waals surface area contributed by atoms with Gasteiger partial charge in [0.05, 0.1) is 22.9 Å². The maximum Gasteiger partial charge on any atom is 0.0651 e. The van der Waals surface area contributed by atoms with Gasteiger partial charge in [-0.3, -0.25) is 4.98 Å². The van der Waals surface area contributed by atoms with Gasteiger partial charge in [-0.05, 0) is 75.7 Å². The van der Waals surface area contributed by atoms with Crippen molar-refractivity contribution in [1.29, 1.82) is 0 Å². The Morgan fingerprint density at radius 2 is 1.04 bits per heavy atom. The molecule has 2 nitrogen and oxygen atoms in total.